The summed E-state index contributed by atoms with van der Waals surface area (Å²) in [7, 11) is 0. The number of rotatable bonds is 6. The Morgan fingerprint density at radius 3 is 2.44 bits per heavy atom. The Morgan fingerprint density at radius 2 is 1.94 bits per heavy atom. The minimum atomic E-state index is 0.186. The summed E-state index contributed by atoms with van der Waals surface area (Å²) >= 11 is 3.95. The van der Waals surface area contributed by atoms with E-state index in [1.807, 2.05) is 38.1 Å². The van der Waals surface area contributed by atoms with Crippen LogP contribution in [-0.4, -0.2) is 17.6 Å². The molecule has 0 aliphatic rings. The maximum absolute atomic E-state index is 11.1. The third kappa shape index (κ3) is 4.71. The van der Waals surface area contributed by atoms with E-state index < -0.39 is 0 Å². The first-order chi connectivity index (χ1) is 7.61. The van der Waals surface area contributed by atoms with Crippen molar-refractivity contribution in [1.82, 2.24) is 0 Å². The van der Waals surface area contributed by atoms with Crippen LogP contribution in [0.2, 0.25) is 0 Å². The van der Waals surface area contributed by atoms with Crippen molar-refractivity contribution in [2.24, 2.45) is 0 Å². The SMILES string of the molecule is CC(C)Oc1ccc(CCC(=O)CS)cc1. The third-order valence-electron chi connectivity index (χ3n) is 2.16. The Morgan fingerprint density at radius 1 is 1.31 bits per heavy atom. The largest absolute Gasteiger partial charge is 0.491 e. The molecule has 0 aliphatic carbocycles. The van der Waals surface area contributed by atoms with Crippen molar-refractivity contribution in [1.29, 1.82) is 0 Å². The van der Waals surface area contributed by atoms with Crippen LogP contribution in [0.4, 0.5) is 0 Å². The summed E-state index contributed by atoms with van der Waals surface area (Å²) < 4.78 is 5.54. The highest BCUT2D eigenvalue weighted by atomic mass is 32.1. The van der Waals surface area contributed by atoms with Gasteiger partial charge in [0.2, 0.25) is 0 Å². The van der Waals surface area contributed by atoms with Crippen LogP contribution in [0.1, 0.15) is 25.8 Å². The number of aryl methyl sites for hydroxylation is 1. The Kier molecular flexibility index (Phi) is 5.39. The Labute approximate surface area is 102 Å². The van der Waals surface area contributed by atoms with Gasteiger partial charge in [-0.25, -0.2) is 0 Å². The number of thiol groups is 1. The lowest BCUT2D eigenvalue weighted by atomic mass is 10.1. The fourth-order valence-electron chi connectivity index (χ4n) is 1.37. The smallest absolute Gasteiger partial charge is 0.142 e. The Bertz CT molecular complexity index is 330. The average molecular weight is 238 g/mol. The summed E-state index contributed by atoms with van der Waals surface area (Å²) in [5.74, 6) is 1.39. The zero-order valence-electron chi connectivity index (χ0n) is 9.77. The highest BCUT2D eigenvalue weighted by molar-refractivity contribution is 7.81. The van der Waals surface area contributed by atoms with Crippen molar-refractivity contribution in [3.8, 4) is 5.75 Å². The number of ketones is 1. The van der Waals surface area contributed by atoms with E-state index in [1.165, 1.54) is 0 Å². The van der Waals surface area contributed by atoms with Crippen molar-refractivity contribution in [2.45, 2.75) is 32.8 Å². The lowest BCUT2D eigenvalue weighted by Crippen LogP contribution is -2.05. The number of hydrogen-bond acceptors (Lipinski definition) is 3. The molecule has 1 rings (SSSR count). The van der Waals surface area contributed by atoms with Gasteiger partial charge < -0.3 is 4.74 Å². The van der Waals surface area contributed by atoms with E-state index in [0.29, 0.717) is 12.2 Å². The Balaban J connectivity index is 2.48. The molecular formula is C13H18O2S. The molecule has 0 aromatic heterocycles. The quantitative estimate of drug-likeness (QED) is 0.771. The van der Waals surface area contributed by atoms with Gasteiger partial charge in [0.25, 0.3) is 0 Å². The van der Waals surface area contributed by atoms with Crippen LogP contribution in [-0.2, 0) is 11.2 Å². The van der Waals surface area contributed by atoms with Gasteiger partial charge in [-0.05, 0) is 38.0 Å². The topological polar surface area (TPSA) is 26.3 Å². The van der Waals surface area contributed by atoms with Crippen LogP contribution < -0.4 is 4.74 Å². The van der Waals surface area contributed by atoms with Crippen molar-refractivity contribution < 1.29 is 9.53 Å². The molecule has 1 aromatic rings. The summed E-state index contributed by atoms with van der Waals surface area (Å²) in [6.07, 6.45) is 1.53. The van der Waals surface area contributed by atoms with Crippen molar-refractivity contribution in [3.63, 3.8) is 0 Å². The molecule has 16 heavy (non-hydrogen) atoms. The van der Waals surface area contributed by atoms with E-state index in [2.05, 4.69) is 12.6 Å². The second kappa shape index (κ2) is 6.59. The normalized spacial score (nSPS) is 10.5. The second-order valence-electron chi connectivity index (χ2n) is 4.01. The van der Waals surface area contributed by atoms with E-state index >= 15 is 0 Å². The molecule has 0 aliphatic heterocycles. The van der Waals surface area contributed by atoms with Gasteiger partial charge in [-0.15, -0.1) is 0 Å². The standard InChI is InChI=1S/C13H18O2S/c1-10(2)15-13-7-4-11(5-8-13)3-6-12(14)9-16/h4-5,7-8,10,16H,3,6,9H2,1-2H3. The maximum atomic E-state index is 11.1. The van der Waals surface area contributed by atoms with Crippen LogP contribution in [0, 0.1) is 0 Å². The molecule has 0 saturated carbocycles. The van der Waals surface area contributed by atoms with Gasteiger partial charge >= 0.3 is 0 Å². The number of hydrogen-bond donors (Lipinski definition) is 1. The molecule has 0 heterocycles. The van der Waals surface area contributed by atoms with Crippen LogP contribution in [0.3, 0.4) is 0 Å². The first-order valence-corrected chi connectivity index (χ1v) is 6.13. The lowest BCUT2D eigenvalue weighted by Gasteiger charge is -2.09. The summed E-state index contributed by atoms with van der Waals surface area (Å²) in [4.78, 5) is 11.1. The molecule has 0 spiro atoms. The molecule has 0 unspecified atom stereocenters. The number of carbonyl (C=O) groups excluding carboxylic acids is 1. The number of ether oxygens (including phenoxy) is 1. The van der Waals surface area contributed by atoms with Crippen molar-refractivity contribution in [2.75, 3.05) is 5.75 Å². The van der Waals surface area contributed by atoms with Gasteiger partial charge in [0.15, 0.2) is 0 Å². The fourth-order valence-corrected chi connectivity index (χ4v) is 1.53. The van der Waals surface area contributed by atoms with Gasteiger partial charge in [0.1, 0.15) is 11.5 Å². The summed E-state index contributed by atoms with van der Waals surface area (Å²) in [5, 5.41) is 0. The van der Waals surface area contributed by atoms with Gasteiger partial charge in [-0.1, -0.05) is 12.1 Å². The van der Waals surface area contributed by atoms with E-state index in [4.69, 9.17) is 4.74 Å². The van der Waals surface area contributed by atoms with Gasteiger partial charge in [-0.2, -0.15) is 12.6 Å². The minimum absolute atomic E-state index is 0.186. The van der Waals surface area contributed by atoms with E-state index in [0.717, 1.165) is 17.7 Å². The molecule has 0 atom stereocenters. The highest BCUT2D eigenvalue weighted by Gasteiger charge is 2.01. The third-order valence-corrected chi connectivity index (χ3v) is 2.52. The number of benzene rings is 1. The van der Waals surface area contributed by atoms with Crippen molar-refractivity contribution >= 4 is 18.4 Å². The molecule has 0 radical (unpaired) electrons. The molecule has 1 aromatic carbocycles. The molecule has 3 heteroatoms. The summed E-state index contributed by atoms with van der Waals surface area (Å²) in [6, 6.07) is 7.90. The molecule has 0 fully saturated rings. The van der Waals surface area contributed by atoms with Crippen LogP contribution in [0.15, 0.2) is 24.3 Å². The molecule has 0 bridgehead atoms. The Hall–Kier alpha value is -0.960. The number of carbonyl (C=O) groups is 1. The van der Waals surface area contributed by atoms with Gasteiger partial charge in [0.05, 0.1) is 6.10 Å². The van der Waals surface area contributed by atoms with E-state index in [-0.39, 0.29) is 11.9 Å². The molecular weight excluding hydrogens is 220 g/mol. The highest BCUT2D eigenvalue weighted by Crippen LogP contribution is 2.14. The number of Topliss-reactive ketones (excluding diaryl/α,β-unsaturated/α-hetero) is 1. The molecule has 0 N–H and O–H groups in total. The monoisotopic (exact) mass is 238 g/mol. The predicted molar refractivity (Wildman–Crippen MR) is 69.4 cm³/mol. The van der Waals surface area contributed by atoms with Crippen LogP contribution in [0.5, 0.6) is 5.75 Å². The lowest BCUT2D eigenvalue weighted by molar-refractivity contribution is -0.116. The molecule has 2 nitrogen and oxygen atoms in total. The van der Waals surface area contributed by atoms with Gasteiger partial charge in [-0.3, -0.25) is 4.79 Å². The average Bonchev–Trinajstić information content (AvgIpc) is 2.27. The minimum Gasteiger partial charge on any atom is -0.491 e. The summed E-state index contributed by atoms with van der Waals surface area (Å²) in [6.45, 7) is 4.00. The van der Waals surface area contributed by atoms with Crippen molar-refractivity contribution in [3.05, 3.63) is 29.8 Å². The maximum Gasteiger partial charge on any atom is 0.142 e. The molecule has 0 saturated heterocycles. The molecule has 88 valence electrons. The second-order valence-corrected chi connectivity index (χ2v) is 4.32. The van der Waals surface area contributed by atoms with Crippen LogP contribution >= 0.6 is 12.6 Å². The van der Waals surface area contributed by atoms with Crippen LogP contribution in [0.25, 0.3) is 0 Å². The zero-order valence-corrected chi connectivity index (χ0v) is 10.7. The summed E-state index contributed by atoms with van der Waals surface area (Å²) in [5.41, 5.74) is 1.16. The zero-order chi connectivity index (χ0) is 12.0. The van der Waals surface area contributed by atoms with Gasteiger partial charge in [0, 0.05) is 12.2 Å². The predicted octanol–water partition coefficient (Wildman–Crippen LogP) is 2.91. The first kappa shape index (κ1) is 13.1. The first-order valence-electron chi connectivity index (χ1n) is 5.50. The van der Waals surface area contributed by atoms with E-state index in [9.17, 15) is 4.79 Å². The fraction of sp³-hybridized carbons (Fsp3) is 0.462. The molecule has 0 amide bonds. The van der Waals surface area contributed by atoms with E-state index in [1.54, 1.807) is 0 Å².